The van der Waals surface area contributed by atoms with Gasteiger partial charge >= 0.3 is 51.4 Å². The first-order valence-corrected chi connectivity index (χ1v) is 1.37. The molecule has 0 atom stereocenters. The molecule has 1 nitrogen and oxygen atoms in total. The standard InChI is InChI=1S/FH.In.O.Sn.3H/h1H;;;;;;. The summed E-state index contributed by atoms with van der Waals surface area (Å²) < 4.78 is 8.34. The Morgan fingerprint density at radius 1 is 1.25 bits per heavy atom. The molecule has 4 heteroatoms. The number of rotatable bonds is 0. The van der Waals surface area contributed by atoms with Gasteiger partial charge in [-0.2, -0.15) is 0 Å². The van der Waals surface area contributed by atoms with E-state index in [1.807, 2.05) is 0 Å². The van der Waals surface area contributed by atoms with Crippen LogP contribution in [0.25, 0.3) is 0 Å². The summed E-state index contributed by atoms with van der Waals surface area (Å²) in [4.78, 5) is 0. The van der Waals surface area contributed by atoms with E-state index in [1.165, 1.54) is 0 Å². The van der Waals surface area contributed by atoms with E-state index in [0.29, 0.717) is 22.5 Å². The van der Waals surface area contributed by atoms with E-state index in [0.717, 1.165) is 0 Å². The zero-order valence-electron chi connectivity index (χ0n) is 1.32. The molecule has 0 heterocycles. The fourth-order valence-corrected chi connectivity index (χ4v) is 0. The third-order valence-electron chi connectivity index (χ3n) is 0. The van der Waals surface area contributed by atoms with E-state index >= 15 is 0 Å². The van der Waals surface area contributed by atoms with Crippen LogP contribution in [0.4, 0.5) is 4.70 Å². The molecule has 0 saturated carbocycles. The van der Waals surface area contributed by atoms with Crippen molar-refractivity contribution in [3.8, 4) is 0 Å². The van der Waals surface area contributed by atoms with Crippen LogP contribution in [-0.2, 0) is 3.08 Å². The van der Waals surface area contributed by atoms with Gasteiger partial charge in [0.15, 0.2) is 0 Å². The monoisotopic (exact) mass is 274 g/mol. The van der Waals surface area contributed by atoms with Gasteiger partial charge in [0.1, 0.15) is 0 Å². The molecule has 0 saturated heterocycles. The van der Waals surface area contributed by atoms with Crippen LogP contribution in [0, 0.1) is 0 Å². The molecule has 2 radical (unpaired) electrons. The first-order valence-electron chi connectivity index (χ1n) is 0.204. The second-order valence-electron chi connectivity index (χ2n) is 0. The summed E-state index contributed by atoms with van der Waals surface area (Å²) in [5, 5.41) is 0. The third-order valence-corrected chi connectivity index (χ3v) is 0. The van der Waals surface area contributed by atoms with Gasteiger partial charge in [-0.3, -0.25) is 4.70 Å². The zero-order chi connectivity index (χ0) is 2.00. The van der Waals surface area contributed by atoms with E-state index in [4.69, 9.17) is 3.08 Å². The molecule has 0 aliphatic carbocycles. The average Bonchev–Trinajstić information content (AvgIpc) is 1.00. The first-order chi connectivity index (χ1) is 1.00. The van der Waals surface area contributed by atoms with E-state index < -0.39 is 0 Å². The Balaban J connectivity index is -0.00000000500. The fraction of sp³-hybridized carbons (Fsp3) is 0. The first kappa shape index (κ1) is 18.2. The van der Waals surface area contributed by atoms with Gasteiger partial charge in [0.2, 0.25) is 0 Å². The Labute approximate surface area is 55.8 Å². The summed E-state index contributed by atoms with van der Waals surface area (Å²) in [5.41, 5.74) is 0. The van der Waals surface area contributed by atoms with Gasteiger partial charge in [-0.25, -0.2) is 0 Å². The molecule has 4 heavy (non-hydrogen) atoms. The summed E-state index contributed by atoms with van der Waals surface area (Å²) in [6, 6.07) is 0. The van der Waals surface area contributed by atoms with Gasteiger partial charge in [-0.1, -0.05) is 0 Å². The molecule has 24 valence electrons. The summed E-state index contributed by atoms with van der Waals surface area (Å²) in [5.74, 6) is 0. The van der Waals surface area contributed by atoms with Gasteiger partial charge in [0.25, 0.3) is 0 Å². The fourth-order valence-electron chi connectivity index (χ4n) is 0. The summed E-state index contributed by atoms with van der Waals surface area (Å²) in [6.07, 6.45) is 0. The maximum atomic E-state index is 8.34. The average molecular weight is 273 g/mol. The number of hydrogen-bond donors (Lipinski definition) is 0. The second-order valence-corrected chi connectivity index (χ2v) is 0. The Hall–Kier alpha value is 1.40. The molecule has 0 rings (SSSR count). The molecule has 0 spiro atoms. The van der Waals surface area contributed by atoms with E-state index in [-0.39, 0.29) is 30.5 Å². The molecule has 0 fully saturated rings. The molecule has 0 aromatic heterocycles. The topological polar surface area (TPSA) is 17.1 Å². The van der Waals surface area contributed by atoms with Crippen LogP contribution in [0.15, 0.2) is 0 Å². The van der Waals surface area contributed by atoms with E-state index in [9.17, 15) is 0 Å². The van der Waals surface area contributed by atoms with Crippen molar-refractivity contribution in [3.63, 3.8) is 0 Å². The van der Waals surface area contributed by atoms with Gasteiger partial charge in [0.05, 0.1) is 0 Å². The summed E-state index contributed by atoms with van der Waals surface area (Å²) in [7, 11) is 0. The Morgan fingerprint density at radius 2 is 1.25 bits per heavy atom. The van der Waals surface area contributed by atoms with Gasteiger partial charge in [-0.15, -0.1) is 0 Å². The molecule has 0 aliphatic rings. The van der Waals surface area contributed by atoms with Crippen LogP contribution in [0.1, 0.15) is 0 Å². The maximum absolute atomic E-state index is 8.34. The van der Waals surface area contributed by atoms with Crippen molar-refractivity contribution in [2.75, 3.05) is 0 Å². The van der Waals surface area contributed by atoms with Crippen molar-refractivity contribution in [1.82, 2.24) is 0 Å². The molecule has 0 N–H and O–H groups in total. The molecule has 0 bridgehead atoms. The van der Waals surface area contributed by atoms with Crippen molar-refractivity contribution in [2.45, 2.75) is 0 Å². The van der Waals surface area contributed by atoms with Crippen molar-refractivity contribution in [2.24, 2.45) is 0 Å². The minimum absolute atomic E-state index is 0. The Kier molecular flexibility index (Phi) is 118. The van der Waals surface area contributed by atoms with Crippen molar-refractivity contribution < 1.29 is 7.78 Å². The van der Waals surface area contributed by atoms with Crippen LogP contribution >= 0.6 is 0 Å². The van der Waals surface area contributed by atoms with Crippen LogP contribution in [0.3, 0.4) is 0 Å². The molecule has 0 aliphatic heterocycles. The van der Waals surface area contributed by atoms with E-state index in [2.05, 4.69) is 0 Å². The Morgan fingerprint density at radius 3 is 1.25 bits per heavy atom. The predicted octanol–water partition coefficient (Wildman–Crippen LogP) is -1.53. The zero-order valence-corrected chi connectivity index (χ0v) is 4.17. The normalized spacial score (nSPS) is 1.00. The summed E-state index contributed by atoms with van der Waals surface area (Å²) >= 11 is 0.300. The van der Waals surface area contributed by atoms with Crippen LogP contribution < -0.4 is 0 Å². The summed E-state index contributed by atoms with van der Waals surface area (Å²) in [6.45, 7) is 0. The Bertz CT molecular complexity index is 8.00. The molecular formula is H4FInOSn. The molecular weight excluding hydrogens is 269 g/mol. The van der Waals surface area contributed by atoms with Crippen molar-refractivity contribution in [3.05, 3.63) is 0 Å². The molecule has 0 amide bonds. The number of hydrogen-bond acceptors (Lipinski definition) is 1. The van der Waals surface area contributed by atoms with Gasteiger partial charge in [0, 0.05) is 0 Å². The molecule has 0 aromatic rings. The van der Waals surface area contributed by atoms with Crippen LogP contribution in [0.5, 0.6) is 0 Å². The number of halogens is 1. The molecule has 0 aromatic carbocycles. The molecule has 0 unspecified atom stereocenters. The van der Waals surface area contributed by atoms with Crippen molar-refractivity contribution in [1.29, 1.82) is 0 Å². The third kappa shape index (κ3) is 10.00. The van der Waals surface area contributed by atoms with Gasteiger partial charge < -0.3 is 0 Å². The van der Waals surface area contributed by atoms with Crippen LogP contribution in [-0.4, -0.2) is 48.4 Å². The minimum atomic E-state index is 0. The predicted molar refractivity (Wildman–Crippen MR) is 18.9 cm³/mol. The van der Waals surface area contributed by atoms with Gasteiger partial charge in [-0.05, 0) is 0 Å². The SMILES string of the molecule is F.[InH3].[O]=[Sn]. The van der Waals surface area contributed by atoms with Crippen molar-refractivity contribution >= 4 is 48.4 Å². The van der Waals surface area contributed by atoms with E-state index in [1.54, 1.807) is 0 Å². The van der Waals surface area contributed by atoms with Crippen LogP contribution in [0.2, 0.25) is 0 Å². The second kappa shape index (κ2) is 26.0. The quantitative estimate of drug-likeness (QED) is 0.489.